The van der Waals surface area contributed by atoms with Crippen molar-refractivity contribution in [2.45, 2.75) is 20.8 Å². The van der Waals surface area contributed by atoms with Crippen LogP contribution in [-0.2, 0) is 0 Å². The summed E-state index contributed by atoms with van der Waals surface area (Å²) in [5.74, 6) is 0. The SMILES string of the molecule is Cc1cc(Cl)c(C=O)c(C)c1C. The quantitative estimate of drug-likeness (QED) is 0.610. The van der Waals surface area contributed by atoms with Crippen LogP contribution in [0, 0.1) is 20.8 Å². The van der Waals surface area contributed by atoms with Gasteiger partial charge < -0.3 is 0 Å². The van der Waals surface area contributed by atoms with Crippen LogP contribution < -0.4 is 0 Å². The molecule has 2 heteroatoms. The highest BCUT2D eigenvalue weighted by molar-refractivity contribution is 6.33. The molecule has 64 valence electrons. The maximum Gasteiger partial charge on any atom is 0.151 e. The summed E-state index contributed by atoms with van der Waals surface area (Å²) >= 11 is 5.88. The summed E-state index contributed by atoms with van der Waals surface area (Å²) in [6.45, 7) is 5.90. The molecule has 0 heterocycles. The van der Waals surface area contributed by atoms with E-state index in [0.29, 0.717) is 10.6 Å². The summed E-state index contributed by atoms with van der Waals surface area (Å²) in [6, 6.07) is 1.83. The highest BCUT2D eigenvalue weighted by Crippen LogP contribution is 2.23. The fourth-order valence-electron chi connectivity index (χ4n) is 1.20. The zero-order valence-electron chi connectivity index (χ0n) is 7.44. The minimum atomic E-state index is 0.547. The average Bonchev–Trinajstić information content (AvgIpc) is 2.01. The van der Waals surface area contributed by atoms with E-state index in [9.17, 15) is 4.79 Å². The minimum absolute atomic E-state index is 0.547. The van der Waals surface area contributed by atoms with Crippen LogP contribution in [0.1, 0.15) is 27.0 Å². The number of hydrogen-bond donors (Lipinski definition) is 0. The molecule has 0 aliphatic rings. The van der Waals surface area contributed by atoms with Gasteiger partial charge >= 0.3 is 0 Å². The Kier molecular flexibility index (Phi) is 2.53. The number of aryl methyl sites for hydroxylation is 1. The smallest absolute Gasteiger partial charge is 0.151 e. The monoisotopic (exact) mass is 182 g/mol. The summed E-state index contributed by atoms with van der Waals surface area (Å²) < 4.78 is 0. The van der Waals surface area contributed by atoms with Crippen molar-refractivity contribution in [3.63, 3.8) is 0 Å². The molecule has 12 heavy (non-hydrogen) atoms. The van der Waals surface area contributed by atoms with Crippen LogP contribution in [0.2, 0.25) is 5.02 Å². The predicted molar refractivity (Wildman–Crippen MR) is 51.1 cm³/mol. The van der Waals surface area contributed by atoms with Gasteiger partial charge in [-0.15, -0.1) is 0 Å². The van der Waals surface area contributed by atoms with E-state index in [1.807, 2.05) is 26.8 Å². The second kappa shape index (κ2) is 3.28. The molecule has 0 saturated carbocycles. The molecule has 0 spiro atoms. The van der Waals surface area contributed by atoms with Gasteiger partial charge in [0.2, 0.25) is 0 Å². The van der Waals surface area contributed by atoms with Crippen molar-refractivity contribution in [3.8, 4) is 0 Å². The summed E-state index contributed by atoms with van der Waals surface area (Å²) in [4.78, 5) is 10.6. The molecule has 0 bridgehead atoms. The van der Waals surface area contributed by atoms with E-state index < -0.39 is 0 Å². The number of rotatable bonds is 1. The maximum absolute atomic E-state index is 10.6. The number of halogens is 1. The Morgan fingerprint density at radius 2 is 1.83 bits per heavy atom. The molecular formula is C10H11ClO. The van der Waals surface area contributed by atoms with Crippen LogP contribution in [0.15, 0.2) is 6.07 Å². The third-order valence-corrected chi connectivity index (χ3v) is 2.59. The number of benzene rings is 1. The van der Waals surface area contributed by atoms with E-state index in [-0.39, 0.29) is 0 Å². The largest absolute Gasteiger partial charge is 0.298 e. The van der Waals surface area contributed by atoms with Crippen LogP contribution in [0.25, 0.3) is 0 Å². The van der Waals surface area contributed by atoms with Gasteiger partial charge in [0.25, 0.3) is 0 Å². The van der Waals surface area contributed by atoms with Crippen molar-refractivity contribution in [2.75, 3.05) is 0 Å². The first-order chi connectivity index (χ1) is 5.57. The lowest BCUT2D eigenvalue weighted by atomic mass is 10.00. The van der Waals surface area contributed by atoms with E-state index in [2.05, 4.69) is 0 Å². The molecule has 0 aliphatic carbocycles. The van der Waals surface area contributed by atoms with Crippen molar-refractivity contribution in [1.82, 2.24) is 0 Å². The van der Waals surface area contributed by atoms with Gasteiger partial charge in [0.15, 0.2) is 6.29 Å². The lowest BCUT2D eigenvalue weighted by Crippen LogP contribution is -1.94. The lowest BCUT2D eigenvalue weighted by Gasteiger charge is -2.08. The Bertz CT molecular complexity index is 329. The van der Waals surface area contributed by atoms with Crippen molar-refractivity contribution < 1.29 is 4.79 Å². The van der Waals surface area contributed by atoms with Gasteiger partial charge in [-0.3, -0.25) is 4.79 Å². The Labute approximate surface area is 77.4 Å². The fourth-order valence-corrected chi connectivity index (χ4v) is 1.55. The highest BCUT2D eigenvalue weighted by Gasteiger charge is 2.07. The van der Waals surface area contributed by atoms with Crippen molar-refractivity contribution >= 4 is 17.9 Å². The van der Waals surface area contributed by atoms with Crippen LogP contribution in [-0.4, -0.2) is 6.29 Å². The van der Waals surface area contributed by atoms with Crippen LogP contribution >= 0.6 is 11.6 Å². The molecule has 1 rings (SSSR count). The zero-order chi connectivity index (χ0) is 9.30. The normalized spacial score (nSPS) is 10.0. The predicted octanol–water partition coefficient (Wildman–Crippen LogP) is 3.08. The number of aldehydes is 1. The average molecular weight is 183 g/mol. The molecule has 1 nitrogen and oxygen atoms in total. The van der Waals surface area contributed by atoms with Crippen molar-refractivity contribution in [3.05, 3.63) is 33.3 Å². The molecule has 0 fully saturated rings. The number of carbonyl (C=O) groups is 1. The van der Waals surface area contributed by atoms with Crippen molar-refractivity contribution in [2.24, 2.45) is 0 Å². The Morgan fingerprint density at radius 1 is 1.25 bits per heavy atom. The first-order valence-electron chi connectivity index (χ1n) is 3.79. The molecule has 0 unspecified atom stereocenters. The second-order valence-corrected chi connectivity index (χ2v) is 3.36. The summed E-state index contributed by atoms with van der Waals surface area (Å²) in [7, 11) is 0. The van der Waals surface area contributed by atoms with Crippen LogP contribution in [0.5, 0.6) is 0 Å². The maximum atomic E-state index is 10.6. The molecule has 0 aromatic heterocycles. The minimum Gasteiger partial charge on any atom is -0.298 e. The first kappa shape index (κ1) is 9.27. The van der Waals surface area contributed by atoms with E-state index >= 15 is 0 Å². The molecule has 1 aromatic carbocycles. The van der Waals surface area contributed by atoms with Gasteiger partial charge in [-0.1, -0.05) is 11.6 Å². The van der Waals surface area contributed by atoms with E-state index in [1.165, 1.54) is 0 Å². The van der Waals surface area contributed by atoms with Crippen LogP contribution in [0.4, 0.5) is 0 Å². The number of carbonyl (C=O) groups excluding carboxylic acids is 1. The Morgan fingerprint density at radius 3 is 2.33 bits per heavy atom. The van der Waals surface area contributed by atoms with Gasteiger partial charge in [-0.2, -0.15) is 0 Å². The van der Waals surface area contributed by atoms with Gasteiger partial charge in [-0.25, -0.2) is 0 Å². The summed E-state index contributed by atoms with van der Waals surface area (Å²) in [6.07, 6.45) is 0.810. The van der Waals surface area contributed by atoms with Crippen LogP contribution in [0.3, 0.4) is 0 Å². The number of hydrogen-bond acceptors (Lipinski definition) is 1. The van der Waals surface area contributed by atoms with E-state index in [1.54, 1.807) is 0 Å². The van der Waals surface area contributed by atoms with Gasteiger partial charge in [0.05, 0.1) is 5.02 Å². The molecule has 0 saturated heterocycles. The zero-order valence-corrected chi connectivity index (χ0v) is 8.20. The third-order valence-electron chi connectivity index (χ3n) is 2.28. The summed E-state index contributed by atoms with van der Waals surface area (Å²) in [5, 5.41) is 0.547. The first-order valence-corrected chi connectivity index (χ1v) is 4.17. The summed E-state index contributed by atoms with van der Waals surface area (Å²) in [5.41, 5.74) is 3.86. The fraction of sp³-hybridized carbons (Fsp3) is 0.300. The highest BCUT2D eigenvalue weighted by atomic mass is 35.5. The van der Waals surface area contributed by atoms with Crippen molar-refractivity contribution in [1.29, 1.82) is 0 Å². The Balaban J connectivity index is 3.51. The lowest BCUT2D eigenvalue weighted by molar-refractivity contribution is 0.112. The molecule has 0 N–H and O–H groups in total. The standard InChI is InChI=1S/C10H11ClO/c1-6-4-10(11)9(5-12)8(3)7(6)2/h4-5H,1-3H3. The molecular weight excluding hydrogens is 172 g/mol. The van der Waals surface area contributed by atoms with E-state index in [4.69, 9.17) is 11.6 Å². The third kappa shape index (κ3) is 1.37. The molecule has 0 aliphatic heterocycles. The second-order valence-electron chi connectivity index (χ2n) is 2.96. The topological polar surface area (TPSA) is 17.1 Å². The molecule has 0 radical (unpaired) electrons. The van der Waals surface area contributed by atoms with E-state index in [0.717, 1.165) is 23.0 Å². The van der Waals surface area contributed by atoms with Gasteiger partial charge in [0, 0.05) is 5.56 Å². The molecule has 0 amide bonds. The Hall–Kier alpha value is -0.820. The molecule has 0 atom stereocenters. The van der Waals surface area contributed by atoms with Gasteiger partial charge in [0.1, 0.15) is 0 Å². The molecule has 1 aromatic rings. The van der Waals surface area contributed by atoms with Gasteiger partial charge in [-0.05, 0) is 43.5 Å².